The Bertz CT molecular complexity index is 231. The molecule has 0 aliphatic heterocycles. The minimum Gasteiger partial charge on any atom is -0.396 e. The first-order valence-electron chi connectivity index (χ1n) is 9.12. The highest BCUT2D eigenvalue weighted by Crippen LogP contribution is 2.16. The van der Waals surface area contributed by atoms with Crippen molar-refractivity contribution in [3.63, 3.8) is 0 Å². The van der Waals surface area contributed by atoms with E-state index in [1.807, 2.05) is 0 Å². The summed E-state index contributed by atoms with van der Waals surface area (Å²) in [6, 6.07) is 0. The molecule has 21 heavy (non-hydrogen) atoms. The van der Waals surface area contributed by atoms with Crippen molar-refractivity contribution in [1.82, 2.24) is 0 Å². The number of hydrogen-bond donors (Lipinski definition) is 2. The Balaban J connectivity index is 3.23. The van der Waals surface area contributed by atoms with Crippen molar-refractivity contribution in [1.29, 1.82) is 0 Å². The molecule has 0 spiro atoms. The minimum absolute atomic E-state index is 0.0614. The average Bonchev–Trinajstić information content (AvgIpc) is 2.47. The van der Waals surface area contributed by atoms with Crippen LogP contribution in [0, 0.1) is 5.92 Å². The maximum Gasteiger partial charge on any atom is 0.220 e. The largest absolute Gasteiger partial charge is 0.396 e. The highest BCUT2D eigenvalue weighted by molar-refractivity contribution is 5.76. The standard InChI is InChI=1S/C18H37NO2/c1-2-3-4-5-6-7-8-9-10-11-12-13-14-17(15-16-20)18(19)21/h17,20H,2-16H2,1H3,(H2,19,21). The summed E-state index contributed by atoms with van der Waals surface area (Å²) in [6.07, 6.45) is 17.2. The summed E-state index contributed by atoms with van der Waals surface area (Å²) < 4.78 is 0. The van der Waals surface area contributed by atoms with Gasteiger partial charge in [0.2, 0.25) is 5.91 Å². The highest BCUT2D eigenvalue weighted by Gasteiger charge is 2.13. The van der Waals surface area contributed by atoms with E-state index in [9.17, 15) is 4.79 Å². The maximum absolute atomic E-state index is 11.1. The van der Waals surface area contributed by atoms with Crippen molar-refractivity contribution in [3.8, 4) is 0 Å². The molecule has 3 N–H and O–H groups in total. The van der Waals surface area contributed by atoms with E-state index in [4.69, 9.17) is 10.8 Å². The first-order chi connectivity index (χ1) is 10.2. The SMILES string of the molecule is CCCCCCCCCCCCCCC(CCO)C(N)=O. The second-order valence-corrected chi connectivity index (χ2v) is 6.29. The van der Waals surface area contributed by atoms with Crippen LogP contribution in [0.15, 0.2) is 0 Å². The molecule has 1 unspecified atom stereocenters. The first kappa shape index (κ1) is 20.4. The van der Waals surface area contributed by atoms with Gasteiger partial charge in [-0.2, -0.15) is 0 Å². The fraction of sp³-hybridized carbons (Fsp3) is 0.944. The summed E-state index contributed by atoms with van der Waals surface area (Å²) in [5.41, 5.74) is 5.31. The molecule has 0 heterocycles. The summed E-state index contributed by atoms with van der Waals surface area (Å²) in [5.74, 6) is -0.384. The monoisotopic (exact) mass is 299 g/mol. The van der Waals surface area contributed by atoms with Crippen LogP contribution in [0.2, 0.25) is 0 Å². The van der Waals surface area contributed by atoms with Crippen molar-refractivity contribution >= 4 is 5.91 Å². The van der Waals surface area contributed by atoms with E-state index in [2.05, 4.69) is 6.92 Å². The van der Waals surface area contributed by atoms with Crippen LogP contribution in [-0.4, -0.2) is 17.6 Å². The van der Waals surface area contributed by atoms with Gasteiger partial charge in [-0.25, -0.2) is 0 Å². The zero-order valence-corrected chi connectivity index (χ0v) is 14.1. The van der Waals surface area contributed by atoms with E-state index in [0.717, 1.165) is 12.8 Å². The van der Waals surface area contributed by atoms with Crippen molar-refractivity contribution in [2.75, 3.05) is 6.61 Å². The van der Waals surface area contributed by atoms with Crippen LogP contribution in [0.3, 0.4) is 0 Å². The number of aliphatic hydroxyl groups is 1. The molecular formula is C18H37NO2. The number of carbonyl (C=O) groups is 1. The van der Waals surface area contributed by atoms with Crippen LogP contribution >= 0.6 is 0 Å². The van der Waals surface area contributed by atoms with Gasteiger partial charge < -0.3 is 10.8 Å². The Hall–Kier alpha value is -0.570. The number of unbranched alkanes of at least 4 members (excludes halogenated alkanes) is 11. The lowest BCUT2D eigenvalue weighted by Gasteiger charge is -2.11. The van der Waals surface area contributed by atoms with Gasteiger partial charge in [0.15, 0.2) is 0 Å². The molecule has 0 aliphatic carbocycles. The fourth-order valence-electron chi connectivity index (χ4n) is 2.82. The Morgan fingerprint density at radius 1 is 0.810 bits per heavy atom. The topological polar surface area (TPSA) is 63.3 Å². The molecular weight excluding hydrogens is 262 g/mol. The summed E-state index contributed by atoms with van der Waals surface area (Å²) in [7, 11) is 0. The number of primary amides is 1. The molecule has 0 rings (SSSR count). The van der Waals surface area contributed by atoms with Crippen molar-refractivity contribution in [2.24, 2.45) is 11.7 Å². The second kappa shape index (κ2) is 15.8. The number of nitrogens with two attached hydrogens (primary N) is 1. The summed E-state index contributed by atoms with van der Waals surface area (Å²) in [6.45, 7) is 2.32. The molecule has 0 radical (unpaired) electrons. The third-order valence-electron chi connectivity index (χ3n) is 4.29. The molecule has 0 aromatic heterocycles. The second-order valence-electron chi connectivity index (χ2n) is 6.29. The van der Waals surface area contributed by atoms with Crippen LogP contribution in [0.1, 0.15) is 96.8 Å². The predicted molar refractivity (Wildman–Crippen MR) is 90.1 cm³/mol. The van der Waals surface area contributed by atoms with E-state index < -0.39 is 0 Å². The number of carbonyl (C=O) groups excluding carboxylic acids is 1. The molecule has 0 aromatic rings. The molecule has 126 valence electrons. The quantitative estimate of drug-likeness (QED) is 0.410. The Morgan fingerprint density at radius 2 is 1.24 bits per heavy atom. The third kappa shape index (κ3) is 14.1. The van der Waals surface area contributed by atoms with Gasteiger partial charge in [-0.15, -0.1) is 0 Å². The molecule has 0 aromatic carbocycles. The van der Waals surface area contributed by atoms with E-state index >= 15 is 0 Å². The number of rotatable bonds is 16. The first-order valence-corrected chi connectivity index (χ1v) is 9.12. The molecule has 0 saturated heterocycles. The van der Waals surface area contributed by atoms with E-state index in [-0.39, 0.29) is 18.4 Å². The van der Waals surface area contributed by atoms with E-state index in [1.54, 1.807) is 0 Å². The molecule has 0 bridgehead atoms. The predicted octanol–water partition coefficient (Wildman–Crippen LogP) is 4.56. The van der Waals surface area contributed by atoms with Crippen LogP contribution in [0.4, 0.5) is 0 Å². The lowest BCUT2D eigenvalue weighted by Crippen LogP contribution is -2.24. The van der Waals surface area contributed by atoms with Gasteiger partial charge in [0.1, 0.15) is 0 Å². The van der Waals surface area contributed by atoms with Crippen molar-refractivity contribution in [3.05, 3.63) is 0 Å². The van der Waals surface area contributed by atoms with Gasteiger partial charge in [-0.1, -0.05) is 84.0 Å². The van der Waals surface area contributed by atoms with Crippen molar-refractivity contribution in [2.45, 2.75) is 96.8 Å². The maximum atomic E-state index is 11.1. The molecule has 0 aliphatic rings. The van der Waals surface area contributed by atoms with Gasteiger partial charge >= 0.3 is 0 Å². The van der Waals surface area contributed by atoms with Crippen LogP contribution in [0.25, 0.3) is 0 Å². The fourth-order valence-corrected chi connectivity index (χ4v) is 2.82. The third-order valence-corrected chi connectivity index (χ3v) is 4.29. The Morgan fingerprint density at radius 3 is 1.62 bits per heavy atom. The summed E-state index contributed by atoms with van der Waals surface area (Å²) in [5, 5.41) is 8.87. The Kier molecular flexibility index (Phi) is 15.4. The zero-order valence-electron chi connectivity index (χ0n) is 14.1. The number of aliphatic hydroxyl groups excluding tert-OH is 1. The van der Waals surface area contributed by atoms with Crippen LogP contribution < -0.4 is 5.73 Å². The molecule has 1 amide bonds. The van der Waals surface area contributed by atoms with E-state index in [1.165, 1.54) is 70.6 Å². The smallest absolute Gasteiger partial charge is 0.220 e. The van der Waals surface area contributed by atoms with Crippen molar-refractivity contribution < 1.29 is 9.90 Å². The van der Waals surface area contributed by atoms with Gasteiger partial charge in [0.05, 0.1) is 0 Å². The Labute approximate surface area is 131 Å². The minimum atomic E-state index is -0.257. The lowest BCUT2D eigenvalue weighted by atomic mass is 9.97. The van der Waals surface area contributed by atoms with Gasteiger partial charge in [0, 0.05) is 12.5 Å². The van der Waals surface area contributed by atoms with Crippen LogP contribution in [0.5, 0.6) is 0 Å². The van der Waals surface area contributed by atoms with Gasteiger partial charge in [0.25, 0.3) is 0 Å². The molecule has 3 nitrogen and oxygen atoms in total. The number of amides is 1. The average molecular weight is 299 g/mol. The van der Waals surface area contributed by atoms with Crippen LogP contribution in [-0.2, 0) is 4.79 Å². The molecule has 0 fully saturated rings. The highest BCUT2D eigenvalue weighted by atomic mass is 16.3. The van der Waals surface area contributed by atoms with Gasteiger partial charge in [-0.05, 0) is 12.8 Å². The normalized spacial score (nSPS) is 12.5. The summed E-state index contributed by atoms with van der Waals surface area (Å²) in [4.78, 5) is 11.1. The van der Waals surface area contributed by atoms with Gasteiger partial charge in [-0.3, -0.25) is 4.79 Å². The summed E-state index contributed by atoms with van der Waals surface area (Å²) >= 11 is 0. The zero-order chi connectivity index (χ0) is 15.8. The lowest BCUT2D eigenvalue weighted by molar-refractivity contribution is -0.122. The molecule has 0 saturated carbocycles. The van der Waals surface area contributed by atoms with E-state index in [0.29, 0.717) is 6.42 Å². The molecule has 3 heteroatoms. The molecule has 1 atom stereocenters. The number of hydrogen-bond acceptors (Lipinski definition) is 2.